The second-order valence-electron chi connectivity index (χ2n) is 7.19. The van der Waals surface area contributed by atoms with Crippen molar-refractivity contribution in [3.63, 3.8) is 0 Å². The van der Waals surface area contributed by atoms with Crippen LogP contribution in [0.2, 0.25) is 5.02 Å². The molecule has 1 N–H and O–H groups in total. The molecule has 2 heterocycles. The molecule has 1 aliphatic rings. The van der Waals surface area contributed by atoms with Gasteiger partial charge in [-0.25, -0.2) is 4.98 Å². The van der Waals surface area contributed by atoms with Crippen molar-refractivity contribution in [1.82, 2.24) is 9.88 Å². The number of carbonyl (C=O) groups is 1. The summed E-state index contributed by atoms with van der Waals surface area (Å²) in [5, 5.41) is 2.70. The minimum Gasteiger partial charge on any atom is -0.302 e. The topological polar surface area (TPSA) is 45.2 Å². The number of likely N-dealkylation sites (tertiary alicyclic amines) is 1. The zero-order valence-electron chi connectivity index (χ0n) is 16.3. The van der Waals surface area contributed by atoms with E-state index in [1.54, 1.807) is 6.07 Å². The molecule has 1 atom stereocenters. The van der Waals surface area contributed by atoms with Crippen LogP contribution >= 0.6 is 22.9 Å². The molecular weight excluding hydrogens is 423 g/mol. The Labute approximate surface area is 177 Å². The van der Waals surface area contributed by atoms with Crippen molar-refractivity contribution in [1.29, 1.82) is 0 Å². The van der Waals surface area contributed by atoms with E-state index < -0.39 is 11.7 Å². The van der Waals surface area contributed by atoms with Gasteiger partial charge >= 0.3 is 6.18 Å². The highest BCUT2D eigenvalue weighted by molar-refractivity contribution is 7.16. The van der Waals surface area contributed by atoms with Gasteiger partial charge in [0.1, 0.15) is 0 Å². The van der Waals surface area contributed by atoms with Gasteiger partial charge in [0.25, 0.3) is 0 Å². The van der Waals surface area contributed by atoms with Crippen LogP contribution in [0.5, 0.6) is 0 Å². The quantitative estimate of drug-likeness (QED) is 0.595. The van der Waals surface area contributed by atoms with Crippen molar-refractivity contribution in [3.05, 3.63) is 33.7 Å². The number of benzene rings is 1. The van der Waals surface area contributed by atoms with E-state index in [9.17, 15) is 18.0 Å². The Morgan fingerprint density at radius 2 is 2.14 bits per heavy atom. The van der Waals surface area contributed by atoms with Crippen molar-refractivity contribution in [3.8, 4) is 11.3 Å². The Bertz CT molecular complexity index is 884. The smallest absolute Gasteiger partial charge is 0.302 e. The number of rotatable bonds is 5. The maximum Gasteiger partial charge on any atom is 0.417 e. The van der Waals surface area contributed by atoms with E-state index >= 15 is 0 Å². The molecule has 1 saturated heterocycles. The standard InChI is InChI=1S/C20H23ClF3N3OS/c1-3-14-6-4-5-9-27(14)11-17-18(26-19(29-17)25-12(2)28)13-7-8-16(21)15(10-13)20(22,23)24/h7-8,10,14H,3-6,9,11H2,1-2H3,(H,25,26,28)/t14-/m1/s1. The molecule has 0 radical (unpaired) electrons. The number of alkyl halides is 3. The van der Waals surface area contributed by atoms with Gasteiger partial charge in [-0.3, -0.25) is 9.69 Å². The number of amides is 1. The summed E-state index contributed by atoms with van der Waals surface area (Å²) in [5.74, 6) is -0.270. The molecule has 9 heteroatoms. The highest BCUT2D eigenvalue weighted by Crippen LogP contribution is 2.40. The monoisotopic (exact) mass is 445 g/mol. The Morgan fingerprint density at radius 1 is 1.38 bits per heavy atom. The van der Waals surface area contributed by atoms with Gasteiger partial charge in [0.15, 0.2) is 5.13 Å². The van der Waals surface area contributed by atoms with Gasteiger partial charge in [0.05, 0.1) is 16.3 Å². The predicted octanol–water partition coefficient (Wildman–Crippen LogP) is 6.21. The van der Waals surface area contributed by atoms with E-state index in [4.69, 9.17) is 11.6 Å². The molecule has 1 aromatic heterocycles. The summed E-state index contributed by atoms with van der Waals surface area (Å²) in [7, 11) is 0. The lowest BCUT2D eigenvalue weighted by Crippen LogP contribution is -2.38. The number of hydrogen-bond acceptors (Lipinski definition) is 4. The molecule has 4 nitrogen and oxygen atoms in total. The number of carbonyl (C=O) groups excluding carboxylic acids is 1. The van der Waals surface area contributed by atoms with E-state index in [-0.39, 0.29) is 10.9 Å². The average Bonchev–Trinajstić information content (AvgIpc) is 3.03. The van der Waals surface area contributed by atoms with Gasteiger partial charge in [-0.05, 0) is 37.9 Å². The summed E-state index contributed by atoms with van der Waals surface area (Å²) in [6.07, 6.45) is -0.131. The predicted molar refractivity (Wildman–Crippen MR) is 110 cm³/mol. The number of aromatic nitrogens is 1. The summed E-state index contributed by atoms with van der Waals surface area (Å²) in [4.78, 5) is 19.1. The average molecular weight is 446 g/mol. The van der Waals surface area contributed by atoms with E-state index in [0.29, 0.717) is 29.0 Å². The highest BCUT2D eigenvalue weighted by Gasteiger charge is 2.34. The van der Waals surface area contributed by atoms with Crippen LogP contribution < -0.4 is 5.32 Å². The van der Waals surface area contributed by atoms with Crippen molar-refractivity contribution in [2.75, 3.05) is 11.9 Å². The fourth-order valence-electron chi connectivity index (χ4n) is 3.69. The summed E-state index contributed by atoms with van der Waals surface area (Å²) >= 11 is 7.08. The number of piperidine rings is 1. The largest absolute Gasteiger partial charge is 0.417 e. The molecule has 0 saturated carbocycles. The lowest BCUT2D eigenvalue weighted by molar-refractivity contribution is -0.137. The molecule has 0 aliphatic carbocycles. The zero-order valence-corrected chi connectivity index (χ0v) is 17.8. The molecule has 0 bridgehead atoms. The van der Waals surface area contributed by atoms with Crippen LogP contribution in [0.3, 0.4) is 0 Å². The van der Waals surface area contributed by atoms with Crippen molar-refractivity contribution in [2.24, 2.45) is 0 Å². The van der Waals surface area contributed by atoms with Crippen LogP contribution in [0.15, 0.2) is 18.2 Å². The lowest BCUT2D eigenvalue weighted by atomic mass is 9.99. The fraction of sp³-hybridized carbons (Fsp3) is 0.500. The summed E-state index contributed by atoms with van der Waals surface area (Å²) in [6, 6.07) is 4.27. The van der Waals surface area contributed by atoms with Crippen LogP contribution in [-0.2, 0) is 17.5 Å². The molecule has 3 rings (SSSR count). The third kappa shape index (κ3) is 5.29. The maximum atomic E-state index is 13.3. The Kier molecular flexibility index (Phi) is 6.86. The van der Waals surface area contributed by atoms with E-state index in [2.05, 4.69) is 22.1 Å². The first-order chi connectivity index (χ1) is 13.7. The van der Waals surface area contributed by atoms with Crippen molar-refractivity contribution in [2.45, 2.75) is 58.3 Å². The van der Waals surface area contributed by atoms with Crippen LogP contribution in [0.1, 0.15) is 50.0 Å². The fourth-order valence-corrected chi connectivity index (χ4v) is 4.97. The van der Waals surface area contributed by atoms with E-state index in [1.165, 1.54) is 30.7 Å². The minimum absolute atomic E-state index is 0.270. The molecule has 29 heavy (non-hydrogen) atoms. The molecule has 1 amide bonds. The third-order valence-corrected chi connectivity index (χ3v) is 6.38. The maximum absolute atomic E-state index is 13.3. The first kappa shape index (κ1) is 22.1. The molecule has 0 spiro atoms. The van der Waals surface area contributed by atoms with Gasteiger partial charge in [-0.15, -0.1) is 0 Å². The van der Waals surface area contributed by atoms with Crippen LogP contribution in [0.25, 0.3) is 11.3 Å². The molecule has 0 unspecified atom stereocenters. The molecule has 2 aromatic rings. The molecule has 158 valence electrons. The normalized spacial score (nSPS) is 18.1. The van der Waals surface area contributed by atoms with Gasteiger partial charge in [0, 0.05) is 30.0 Å². The zero-order chi connectivity index (χ0) is 21.2. The van der Waals surface area contributed by atoms with Crippen LogP contribution in [0, 0.1) is 0 Å². The van der Waals surface area contributed by atoms with Gasteiger partial charge < -0.3 is 5.32 Å². The van der Waals surface area contributed by atoms with Crippen LogP contribution in [0.4, 0.5) is 18.3 Å². The van der Waals surface area contributed by atoms with E-state index in [1.807, 2.05) is 0 Å². The number of nitrogens with zero attached hydrogens (tertiary/aromatic N) is 2. The second kappa shape index (κ2) is 9.02. The SMILES string of the molecule is CC[C@@H]1CCCCN1Cc1sc(NC(C)=O)nc1-c1ccc(Cl)c(C(F)(F)F)c1. The molecule has 1 fully saturated rings. The Balaban J connectivity index is 2.01. The number of thiazole rings is 1. The van der Waals surface area contributed by atoms with Crippen molar-refractivity contribution >= 4 is 34.0 Å². The van der Waals surface area contributed by atoms with Gasteiger partial charge in [-0.2, -0.15) is 13.2 Å². The molecule has 1 aromatic carbocycles. The summed E-state index contributed by atoms with van der Waals surface area (Å²) in [6.45, 7) is 5.06. The summed E-state index contributed by atoms with van der Waals surface area (Å²) < 4.78 is 40.0. The Morgan fingerprint density at radius 3 is 2.79 bits per heavy atom. The van der Waals surface area contributed by atoms with Gasteiger partial charge in [0.2, 0.25) is 5.91 Å². The number of nitrogens with one attached hydrogen (secondary N) is 1. The first-order valence-electron chi connectivity index (χ1n) is 9.57. The summed E-state index contributed by atoms with van der Waals surface area (Å²) in [5.41, 5.74) is -0.0860. The van der Waals surface area contributed by atoms with Crippen LogP contribution in [-0.4, -0.2) is 28.4 Å². The second-order valence-corrected chi connectivity index (χ2v) is 8.68. The van der Waals surface area contributed by atoms with Gasteiger partial charge in [-0.1, -0.05) is 42.3 Å². The number of halogens is 4. The third-order valence-electron chi connectivity index (χ3n) is 5.09. The minimum atomic E-state index is -4.55. The Hall–Kier alpha value is -1.64. The number of anilines is 1. The molecular formula is C20H23ClF3N3OS. The van der Waals surface area contributed by atoms with E-state index in [0.717, 1.165) is 36.8 Å². The first-order valence-corrected chi connectivity index (χ1v) is 10.8. The number of hydrogen-bond donors (Lipinski definition) is 1. The highest BCUT2D eigenvalue weighted by atomic mass is 35.5. The molecule has 1 aliphatic heterocycles. The van der Waals surface area contributed by atoms with Crippen molar-refractivity contribution < 1.29 is 18.0 Å². The lowest BCUT2D eigenvalue weighted by Gasteiger charge is -2.35.